The van der Waals surface area contributed by atoms with Gasteiger partial charge in [0.25, 0.3) is 0 Å². The molecule has 6 rings (SSSR count). The zero-order valence-corrected chi connectivity index (χ0v) is 32.7. The van der Waals surface area contributed by atoms with Gasteiger partial charge in [0.1, 0.15) is 0 Å². The molecule has 6 heterocycles. The van der Waals surface area contributed by atoms with Crippen LogP contribution in [0.25, 0.3) is 0 Å². The van der Waals surface area contributed by atoms with Gasteiger partial charge in [-0.3, -0.25) is 0 Å². The maximum absolute atomic E-state index is 4.98. The van der Waals surface area contributed by atoms with Crippen molar-refractivity contribution in [3.05, 3.63) is 0 Å². The maximum atomic E-state index is 4.98. The van der Waals surface area contributed by atoms with Crippen LogP contribution in [0.5, 0.6) is 0 Å². The molecule has 0 aromatic carbocycles. The second-order valence-corrected chi connectivity index (χ2v) is 24.8. The second kappa shape index (κ2) is 16.8. The van der Waals surface area contributed by atoms with Crippen molar-refractivity contribution in [3.8, 4) is 0 Å². The van der Waals surface area contributed by atoms with Gasteiger partial charge in [-0.15, -0.1) is 0 Å². The van der Waals surface area contributed by atoms with Crippen LogP contribution in [0.2, 0.25) is 0 Å². The van der Waals surface area contributed by atoms with Crippen molar-refractivity contribution < 1.29 is 0 Å². The van der Waals surface area contributed by atoms with E-state index in [-0.39, 0.29) is 0 Å². The van der Waals surface area contributed by atoms with Crippen molar-refractivity contribution in [2.75, 3.05) is 79.5 Å². The predicted octanol–water partition coefficient (Wildman–Crippen LogP) is 6.10. The fourth-order valence-electron chi connectivity index (χ4n) is 9.94. The number of nitrogens with one attached hydrogen (secondary N) is 3. The average molecular weight is 688 g/mol. The van der Waals surface area contributed by atoms with Crippen molar-refractivity contribution in [2.45, 2.75) is 122 Å². The molecule has 6 saturated heterocycles. The summed E-state index contributed by atoms with van der Waals surface area (Å²) in [7, 11) is 0.775. The van der Waals surface area contributed by atoms with Crippen LogP contribution in [0, 0.1) is 11.8 Å². The number of rotatable bonds is 14. The minimum atomic E-state index is -2.49. The Kier molecular flexibility index (Phi) is 13.3. The topological polar surface area (TPSA) is 55.5 Å². The van der Waals surface area contributed by atoms with Crippen LogP contribution < -0.4 is 15.3 Å². The number of nitrogens with zero attached hydrogens (tertiary/aromatic N) is 6. The first-order valence-corrected chi connectivity index (χ1v) is 24.1. The predicted molar refractivity (Wildman–Crippen MR) is 201 cm³/mol. The Morgan fingerprint density at radius 1 is 0.778 bits per heavy atom. The summed E-state index contributed by atoms with van der Waals surface area (Å²) in [5, 5.41) is 8.29. The van der Waals surface area contributed by atoms with E-state index in [0.717, 1.165) is 20.7 Å². The van der Waals surface area contributed by atoms with E-state index in [2.05, 4.69) is 66.1 Å². The van der Waals surface area contributed by atoms with Gasteiger partial charge in [0, 0.05) is 0 Å². The normalized spacial score (nSPS) is 31.0. The third-order valence-corrected chi connectivity index (χ3v) is 24.7. The van der Waals surface area contributed by atoms with Crippen molar-refractivity contribution >= 4 is 24.6 Å². The van der Waals surface area contributed by atoms with Gasteiger partial charge in [0.05, 0.1) is 0 Å². The molecule has 264 valence electrons. The van der Waals surface area contributed by atoms with Crippen LogP contribution >= 0.6 is 24.6 Å². The number of hydrogen-bond donors (Lipinski definition) is 3. The summed E-state index contributed by atoms with van der Waals surface area (Å²) in [4.78, 5) is 4.98. The summed E-state index contributed by atoms with van der Waals surface area (Å²) < 4.78 is 18.0. The molecule has 0 bridgehead atoms. The molecule has 0 radical (unpaired) electrons. The molecule has 12 heteroatoms. The average Bonchev–Trinajstić information content (AvgIpc) is 3.90. The molecule has 9 nitrogen and oxygen atoms in total. The molecule has 6 aliphatic heterocycles. The fraction of sp³-hybridized carbons (Fsp3) is 1.00. The van der Waals surface area contributed by atoms with Gasteiger partial charge >= 0.3 is 281 Å². The summed E-state index contributed by atoms with van der Waals surface area (Å²) >= 11 is 0. The van der Waals surface area contributed by atoms with Gasteiger partial charge in [0.2, 0.25) is 0 Å². The minimum absolute atomic E-state index is 0.650. The molecule has 0 aromatic rings. The van der Waals surface area contributed by atoms with Crippen LogP contribution in [-0.2, 0) is 0 Å². The van der Waals surface area contributed by atoms with E-state index in [0.29, 0.717) is 12.1 Å². The van der Waals surface area contributed by atoms with Gasteiger partial charge in [-0.1, -0.05) is 0 Å². The van der Waals surface area contributed by atoms with E-state index in [4.69, 9.17) is 4.86 Å². The number of piperidine rings is 2. The van der Waals surface area contributed by atoms with E-state index in [1.165, 1.54) is 162 Å². The van der Waals surface area contributed by atoms with Gasteiger partial charge in [-0.25, -0.2) is 0 Å². The first-order chi connectivity index (χ1) is 22.0. The van der Waals surface area contributed by atoms with E-state index < -0.39 is 15.7 Å². The van der Waals surface area contributed by atoms with Crippen LogP contribution in [0.3, 0.4) is 0 Å². The molecule has 6 aliphatic rings. The summed E-state index contributed by atoms with van der Waals surface area (Å²) in [5.74, 6) is 1.80. The van der Waals surface area contributed by atoms with Crippen molar-refractivity contribution in [1.82, 2.24) is 43.1 Å². The molecule has 0 spiro atoms. The number of hydrogen-bond acceptors (Lipinski definition) is 9. The summed E-state index contributed by atoms with van der Waals surface area (Å²) in [6, 6.07) is 1.30. The van der Waals surface area contributed by atoms with E-state index >= 15 is 0 Å². The van der Waals surface area contributed by atoms with E-state index in [1.807, 2.05) is 0 Å². The Morgan fingerprint density at radius 2 is 1.44 bits per heavy atom. The molecule has 0 amide bonds. The Labute approximate surface area is 280 Å². The van der Waals surface area contributed by atoms with Crippen LogP contribution in [0.15, 0.2) is 0 Å². The molecule has 3 N–H and O–H groups in total. The Hall–Kier alpha value is 0.930. The summed E-state index contributed by atoms with van der Waals surface area (Å²) in [5.41, 5.74) is 0. The van der Waals surface area contributed by atoms with Gasteiger partial charge < -0.3 is 0 Å². The zero-order valence-electron chi connectivity index (χ0n) is 29.7. The summed E-state index contributed by atoms with van der Waals surface area (Å²) in [6.45, 7) is 17.4. The Morgan fingerprint density at radius 3 is 2.02 bits per heavy atom. The molecule has 3 unspecified atom stereocenters. The van der Waals surface area contributed by atoms with Gasteiger partial charge in [0.15, 0.2) is 0 Å². The van der Waals surface area contributed by atoms with Crippen LogP contribution in [-0.4, -0.2) is 119 Å². The first-order valence-electron chi connectivity index (χ1n) is 19.5. The SMILES string of the molecule is CCCCC1CCN([PH](NC)(N[PH](N2CCCC2)(N2CCCC2)N(C)PN2CCC(C)CC2)N2CCCC2C2CCCN2)CC1. The molecule has 6 fully saturated rings. The quantitative estimate of drug-likeness (QED) is 0.188. The van der Waals surface area contributed by atoms with E-state index in [1.54, 1.807) is 0 Å². The first kappa shape index (κ1) is 35.7. The van der Waals surface area contributed by atoms with Crippen molar-refractivity contribution in [2.24, 2.45) is 11.8 Å². The fourth-order valence-corrected chi connectivity index (χ4v) is 24.9. The van der Waals surface area contributed by atoms with Crippen LogP contribution in [0.4, 0.5) is 0 Å². The Balaban J connectivity index is 1.38. The third-order valence-electron chi connectivity index (χ3n) is 12.6. The zero-order chi connectivity index (χ0) is 31.3. The van der Waals surface area contributed by atoms with Gasteiger partial charge in [-0.2, -0.15) is 0 Å². The molecule has 0 saturated carbocycles. The van der Waals surface area contributed by atoms with Gasteiger partial charge in [-0.05, 0) is 0 Å². The monoisotopic (exact) mass is 688 g/mol. The number of unbranched alkanes of at least 4 members (excludes halogenated alkanes) is 1. The second-order valence-electron chi connectivity index (χ2n) is 15.6. The standard InChI is InChI=1S/C33H72N9P3/c1-5-6-13-31-18-28-39(29-19-31)44(34-3,42-25-12-15-33(42)32-14-11-20-35-32)36-45(40-21-7-8-22-40,41-23-9-10-24-41)37(4)43-38-26-16-30(2)17-27-38/h30-36,43-45H,5-29H2,1-4H3. The third kappa shape index (κ3) is 7.82. The Bertz CT molecular complexity index is 869. The van der Waals surface area contributed by atoms with E-state index in [9.17, 15) is 0 Å². The van der Waals surface area contributed by atoms with Crippen molar-refractivity contribution in [3.63, 3.8) is 0 Å². The molecule has 0 aromatic heterocycles. The molecular formula is C33H72N9P3. The molecule has 45 heavy (non-hydrogen) atoms. The van der Waals surface area contributed by atoms with Crippen LogP contribution in [0.1, 0.15) is 110 Å². The summed E-state index contributed by atoms with van der Waals surface area (Å²) in [6.07, 6.45) is 20.5. The van der Waals surface area contributed by atoms with Crippen molar-refractivity contribution in [1.29, 1.82) is 0 Å². The molecule has 3 atom stereocenters. The molecule has 0 aliphatic carbocycles. The molecular weight excluding hydrogens is 615 g/mol.